The van der Waals surface area contributed by atoms with Crippen LogP contribution >= 0.6 is 0 Å². The predicted molar refractivity (Wildman–Crippen MR) is 65.9 cm³/mol. The Labute approximate surface area is 99.5 Å². The summed E-state index contributed by atoms with van der Waals surface area (Å²) in [6.45, 7) is 2.33. The van der Waals surface area contributed by atoms with Gasteiger partial charge in [0.25, 0.3) is 0 Å². The summed E-state index contributed by atoms with van der Waals surface area (Å²) in [5, 5.41) is 0.973. The molecule has 17 heavy (non-hydrogen) atoms. The van der Waals surface area contributed by atoms with E-state index in [0.717, 1.165) is 17.3 Å². The van der Waals surface area contributed by atoms with Crippen molar-refractivity contribution in [1.29, 1.82) is 0 Å². The van der Waals surface area contributed by atoms with Crippen molar-refractivity contribution in [3.8, 4) is 0 Å². The number of pyridine rings is 1. The lowest BCUT2D eigenvalue weighted by Crippen LogP contribution is -2.12. The standard InChI is InChI=1S/C13H14N2O2/c1-2-3-4-9-17-13(16)15-8-6-11-5-7-14-10-12(11)15/h3-8,10H,2,9H2,1H3. The highest BCUT2D eigenvalue weighted by Crippen LogP contribution is 2.13. The molecule has 2 aromatic heterocycles. The summed E-state index contributed by atoms with van der Waals surface area (Å²) in [7, 11) is 0. The van der Waals surface area contributed by atoms with E-state index in [2.05, 4.69) is 4.98 Å². The molecule has 0 atom stereocenters. The first-order valence-corrected chi connectivity index (χ1v) is 5.56. The van der Waals surface area contributed by atoms with Gasteiger partial charge >= 0.3 is 6.09 Å². The van der Waals surface area contributed by atoms with Crippen molar-refractivity contribution in [2.45, 2.75) is 13.3 Å². The van der Waals surface area contributed by atoms with Gasteiger partial charge in [-0.25, -0.2) is 4.79 Å². The first-order chi connectivity index (χ1) is 8.33. The Kier molecular flexibility index (Phi) is 3.55. The van der Waals surface area contributed by atoms with Crippen LogP contribution in [-0.2, 0) is 4.74 Å². The maximum absolute atomic E-state index is 11.8. The molecule has 0 saturated carbocycles. The van der Waals surface area contributed by atoms with E-state index in [9.17, 15) is 4.79 Å². The fourth-order valence-electron chi connectivity index (χ4n) is 1.56. The van der Waals surface area contributed by atoms with Gasteiger partial charge in [0.15, 0.2) is 0 Å². The van der Waals surface area contributed by atoms with Crippen LogP contribution in [0, 0.1) is 0 Å². The smallest absolute Gasteiger partial charge is 0.418 e. The Morgan fingerprint density at radius 3 is 3.18 bits per heavy atom. The Balaban J connectivity index is 2.11. The van der Waals surface area contributed by atoms with Gasteiger partial charge in [-0.05, 0) is 18.6 Å². The van der Waals surface area contributed by atoms with Crippen LogP contribution in [0.4, 0.5) is 4.79 Å². The number of fused-ring (bicyclic) bond motifs is 1. The molecule has 2 heterocycles. The van der Waals surface area contributed by atoms with Crippen LogP contribution in [0.2, 0.25) is 0 Å². The number of allylic oxidation sites excluding steroid dienone is 1. The van der Waals surface area contributed by atoms with Gasteiger partial charge in [-0.2, -0.15) is 0 Å². The molecule has 2 aromatic rings. The normalized spacial score (nSPS) is 11.1. The molecule has 0 spiro atoms. The first kappa shape index (κ1) is 11.4. The van der Waals surface area contributed by atoms with Crippen LogP contribution in [0.3, 0.4) is 0 Å². The molecule has 0 bridgehead atoms. The summed E-state index contributed by atoms with van der Waals surface area (Å²) in [5.74, 6) is 0. The van der Waals surface area contributed by atoms with Crippen LogP contribution in [-0.4, -0.2) is 22.3 Å². The molecule has 0 aliphatic carbocycles. The second-order valence-corrected chi connectivity index (χ2v) is 3.58. The third kappa shape index (κ3) is 2.53. The molecule has 0 aliphatic heterocycles. The lowest BCUT2D eigenvalue weighted by Gasteiger charge is -2.03. The number of aromatic nitrogens is 2. The third-order valence-electron chi connectivity index (χ3n) is 2.40. The molecule has 0 radical (unpaired) electrons. The number of rotatable bonds is 3. The van der Waals surface area contributed by atoms with Crippen molar-refractivity contribution < 1.29 is 9.53 Å². The highest BCUT2D eigenvalue weighted by molar-refractivity contribution is 5.88. The maximum atomic E-state index is 11.8. The van der Waals surface area contributed by atoms with Crippen molar-refractivity contribution >= 4 is 17.0 Å². The first-order valence-electron chi connectivity index (χ1n) is 5.56. The third-order valence-corrected chi connectivity index (χ3v) is 2.40. The van der Waals surface area contributed by atoms with Crippen molar-refractivity contribution in [2.24, 2.45) is 0 Å². The van der Waals surface area contributed by atoms with Crippen LogP contribution in [0.1, 0.15) is 13.3 Å². The minimum atomic E-state index is -0.381. The van der Waals surface area contributed by atoms with Gasteiger partial charge in [0.1, 0.15) is 6.61 Å². The summed E-state index contributed by atoms with van der Waals surface area (Å²) < 4.78 is 6.57. The average Bonchev–Trinajstić information content (AvgIpc) is 2.78. The Hall–Kier alpha value is -2.10. The monoisotopic (exact) mass is 230 g/mol. The van der Waals surface area contributed by atoms with E-state index in [1.807, 2.05) is 31.2 Å². The average molecular weight is 230 g/mol. The van der Waals surface area contributed by atoms with Gasteiger partial charge < -0.3 is 4.74 Å². The van der Waals surface area contributed by atoms with Crippen LogP contribution in [0.5, 0.6) is 0 Å². The summed E-state index contributed by atoms with van der Waals surface area (Å²) in [5.41, 5.74) is 0.761. The Morgan fingerprint density at radius 1 is 1.47 bits per heavy atom. The second kappa shape index (κ2) is 5.30. The molecule has 0 N–H and O–H groups in total. The van der Waals surface area contributed by atoms with E-state index < -0.39 is 0 Å². The van der Waals surface area contributed by atoms with E-state index >= 15 is 0 Å². The van der Waals surface area contributed by atoms with E-state index in [1.54, 1.807) is 18.6 Å². The van der Waals surface area contributed by atoms with Gasteiger partial charge in [-0.15, -0.1) is 0 Å². The molecule has 0 fully saturated rings. The second-order valence-electron chi connectivity index (χ2n) is 3.58. The summed E-state index contributed by atoms with van der Waals surface area (Å²) in [4.78, 5) is 15.8. The lowest BCUT2D eigenvalue weighted by molar-refractivity contribution is 0.161. The fraction of sp³-hybridized carbons (Fsp3) is 0.231. The van der Waals surface area contributed by atoms with Gasteiger partial charge in [0.05, 0.1) is 11.7 Å². The van der Waals surface area contributed by atoms with Crippen LogP contribution < -0.4 is 0 Å². The molecule has 0 saturated heterocycles. The molecule has 0 aromatic carbocycles. The molecule has 0 amide bonds. The molecule has 2 rings (SSSR count). The number of nitrogens with zero attached hydrogens (tertiary/aromatic N) is 2. The van der Waals surface area contributed by atoms with Gasteiger partial charge in [0.2, 0.25) is 0 Å². The molecule has 0 unspecified atom stereocenters. The van der Waals surface area contributed by atoms with Crippen molar-refractivity contribution in [2.75, 3.05) is 6.61 Å². The quantitative estimate of drug-likeness (QED) is 0.761. The largest absolute Gasteiger partial charge is 0.445 e. The number of carbonyl (C=O) groups is 1. The van der Waals surface area contributed by atoms with Crippen molar-refractivity contribution in [1.82, 2.24) is 9.55 Å². The van der Waals surface area contributed by atoms with E-state index in [1.165, 1.54) is 4.57 Å². The van der Waals surface area contributed by atoms with Crippen molar-refractivity contribution in [3.05, 3.63) is 42.9 Å². The zero-order valence-corrected chi connectivity index (χ0v) is 9.67. The highest BCUT2D eigenvalue weighted by atomic mass is 16.5. The predicted octanol–water partition coefficient (Wildman–Crippen LogP) is 2.99. The van der Waals surface area contributed by atoms with Gasteiger partial charge in [-0.1, -0.05) is 19.1 Å². The Bertz CT molecular complexity index is 543. The topological polar surface area (TPSA) is 44.1 Å². The zero-order valence-electron chi connectivity index (χ0n) is 9.67. The minimum absolute atomic E-state index is 0.298. The molecular weight excluding hydrogens is 216 g/mol. The summed E-state index contributed by atoms with van der Waals surface area (Å²) >= 11 is 0. The van der Waals surface area contributed by atoms with Crippen LogP contribution in [0.25, 0.3) is 10.9 Å². The summed E-state index contributed by atoms with van der Waals surface area (Å²) in [6, 6.07) is 3.72. The molecular formula is C13H14N2O2. The molecule has 4 heteroatoms. The zero-order chi connectivity index (χ0) is 12.1. The number of ether oxygens (including phenoxy) is 1. The van der Waals surface area contributed by atoms with E-state index in [0.29, 0.717) is 6.61 Å². The SMILES string of the molecule is CCC=CCOC(=O)n1ccc2ccncc21. The molecule has 88 valence electrons. The lowest BCUT2D eigenvalue weighted by atomic mass is 10.3. The van der Waals surface area contributed by atoms with Crippen LogP contribution in [0.15, 0.2) is 42.9 Å². The maximum Gasteiger partial charge on any atom is 0.418 e. The van der Waals surface area contributed by atoms with E-state index in [-0.39, 0.29) is 6.09 Å². The number of carbonyl (C=O) groups excluding carboxylic acids is 1. The van der Waals surface area contributed by atoms with Crippen molar-refractivity contribution in [3.63, 3.8) is 0 Å². The number of hydrogen-bond donors (Lipinski definition) is 0. The fourth-order valence-corrected chi connectivity index (χ4v) is 1.56. The summed E-state index contributed by atoms with van der Waals surface area (Å²) in [6.07, 6.45) is 9.39. The minimum Gasteiger partial charge on any atom is -0.445 e. The Morgan fingerprint density at radius 2 is 2.35 bits per heavy atom. The van der Waals surface area contributed by atoms with Gasteiger partial charge in [0, 0.05) is 17.8 Å². The molecule has 4 nitrogen and oxygen atoms in total. The van der Waals surface area contributed by atoms with Gasteiger partial charge in [-0.3, -0.25) is 9.55 Å². The molecule has 0 aliphatic rings. The highest BCUT2D eigenvalue weighted by Gasteiger charge is 2.08. The van der Waals surface area contributed by atoms with E-state index in [4.69, 9.17) is 4.74 Å². The number of hydrogen-bond acceptors (Lipinski definition) is 3.